The third kappa shape index (κ3) is 2.31. The largest absolute Gasteiger partial charge is 0.465 e. The molecule has 0 fully saturated rings. The summed E-state index contributed by atoms with van der Waals surface area (Å²) in [7, 11) is 0. The molecule has 0 bridgehead atoms. The maximum atomic E-state index is 10.7. The molecule has 2 aromatic rings. The minimum Gasteiger partial charge on any atom is -0.465 e. The van der Waals surface area contributed by atoms with Crippen LogP contribution in [-0.4, -0.2) is 5.11 Å². The molecule has 0 spiro atoms. The number of aliphatic hydroxyl groups is 1. The van der Waals surface area contributed by atoms with Crippen molar-refractivity contribution in [1.82, 2.24) is 0 Å². The van der Waals surface area contributed by atoms with Crippen LogP contribution < -0.4 is 0 Å². The summed E-state index contributed by atoms with van der Waals surface area (Å²) < 4.78 is 6.15. The standard InChI is InChI=1S/C14H15BrO2/c1-9-6-10(2)8-11(7-9)14(3,16)13-12(15)4-5-17-13/h4-8,16H,1-3H3. The molecule has 0 aliphatic carbocycles. The van der Waals surface area contributed by atoms with E-state index in [4.69, 9.17) is 4.42 Å². The topological polar surface area (TPSA) is 33.4 Å². The molecule has 1 atom stereocenters. The third-order valence-electron chi connectivity index (χ3n) is 2.84. The first-order chi connectivity index (χ1) is 7.91. The third-order valence-corrected chi connectivity index (χ3v) is 3.47. The van der Waals surface area contributed by atoms with Gasteiger partial charge < -0.3 is 9.52 Å². The van der Waals surface area contributed by atoms with Crippen molar-refractivity contribution < 1.29 is 9.52 Å². The lowest BCUT2D eigenvalue weighted by Crippen LogP contribution is -2.22. The highest BCUT2D eigenvalue weighted by Crippen LogP contribution is 2.35. The molecule has 90 valence electrons. The van der Waals surface area contributed by atoms with E-state index in [1.165, 1.54) is 0 Å². The zero-order valence-electron chi connectivity index (χ0n) is 10.1. The van der Waals surface area contributed by atoms with Crippen molar-refractivity contribution in [2.24, 2.45) is 0 Å². The second kappa shape index (κ2) is 4.31. The van der Waals surface area contributed by atoms with E-state index >= 15 is 0 Å². The first-order valence-corrected chi connectivity index (χ1v) is 6.25. The lowest BCUT2D eigenvalue weighted by Gasteiger charge is -2.23. The molecular weight excluding hydrogens is 280 g/mol. The summed E-state index contributed by atoms with van der Waals surface area (Å²) in [4.78, 5) is 0. The number of hydrogen-bond acceptors (Lipinski definition) is 2. The Kier molecular flexibility index (Phi) is 3.15. The minimum atomic E-state index is -1.13. The SMILES string of the molecule is Cc1cc(C)cc(C(C)(O)c2occc2Br)c1. The summed E-state index contributed by atoms with van der Waals surface area (Å²) in [5, 5.41) is 10.7. The van der Waals surface area contributed by atoms with Crippen molar-refractivity contribution in [3.05, 3.63) is 57.5 Å². The second-order valence-corrected chi connectivity index (χ2v) is 5.40. The van der Waals surface area contributed by atoms with Crippen LogP contribution in [0.25, 0.3) is 0 Å². The Hall–Kier alpha value is -1.06. The van der Waals surface area contributed by atoms with E-state index in [2.05, 4.69) is 22.0 Å². The number of halogens is 1. The van der Waals surface area contributed by atoms with Gasteiger partial charge in [0.15, 0.2) is 5.76 Å². The molecule has 3 heteroatoms. The van der Waals surface area contributed by atoms with Crippen LogP contribution >= 0.6 is 15.9 Å². The van der Waals surface area contributed by atoms with Gasteiger partial charge in [0.1, 0.15) is 5.60 Å². The fourth-order valence-electron chi connectivity index (χ4n) is 2.03. The van der Waals surface area contributed by atoms with Gasteiger partial charge in [-0.1, -0.05) is 29.3 Å². The van der Waals surface area contributed by atoms with Crippen molar-refractivity contribution in [2.45, 2.75) is 26.4 Å². The molecule has 0 aliphatic heterocycles. The van der Waals surface area contributed by atoms with Crippen molar-refractivity contribution in [2.75, 3.05) is 0 Å². The van der Waals surface area contributed by atoms with Gasteiger partial charge in [-0.2, -0.15) is 0 Å². The molecule has 17 heavy (non-hydrogen) atoms. The summed E-state index contributed by atoms with van der Waals surface area (Å²) >= 11 is 3.38. The van der Waals surface area contributed by atoms with Gasteiger partial charge in [-0.05, 0) is 48.3 Å². The van der Waals surface area contributed by atoms with Crippen molar-refractivity contribution in [3.8, 4) is 0 Å². The molecule has 1 aromatic heterocycles. The molecule has 0 saturated carbocycles. The smallest absolute Gasteiger partial charge is 0.153 e. The van der Waals surface area contributed by atoms with Crippen molar-refractivity contribution >= 4 is 15.9 Å². The van der Waals surface area contributed by atoms with E-state index in [0.717, 1.165) is 21.2 Å². The van der Waals surface area contributed by atoms with Crippen LogP contribution in [0.4, 0.5) is 0 Å². The number of furan rings is 1. The summed E-state index contributed by atoms with van der Waals surface area (Å²) in [5.41, 5.74) is 1.97. The fraction of sp³-hybridized carbons (Fsp3) is 0.286. The van der Waals surface area contributed by atoms with E-state index in [1.54, 1.807) is 19.3 Å². The van der Waals surface area contributed by atoms with Gasteiger partial charge in [-0.3, -0.25) is 0 Å². The molecule has 1 N–H and O–H groups in total. The fourth-order valence-corrected chi connectivity index (χ4v) is 2.62. The number of aryl methyl sites for hydroxylation is 2. The predicted octanol–water partition coefficient (Wildman–Crippen LogP) is 3.91. The molecule has 0 saturated heterocycles. The molecule has 1 unspecified atom stereocenters. The Balaban J connectivity index is 2.55. The second-order valence-electron chi connectivity index (χ2n) is 4.55. The van der Waals surface area contributed by atoms with E-state index < -0.39 is 5.60 Å². The quantitative estimate of drug-likeness (QED) is 0.911. The Labute approximate surface area is 109 Å². The van der Waals surface area contributed by atoms with Crippen LogP contribution in [0, 0.1) is 13.8 Å². The van der Waals surface area contributed by atoms with E-state index in [-0.39, 0.29) is 0 Å². The van der Waals surface area contributed by atoms with Crippen LogP contribution in [0.2, 0.25) is 0 Å². The Bertz CT molecular complexity index is 521. The van der Waals surface area contributed by atoms with Gasteiger partial charge >= 0.3 is 0 Å². The first kappa shape index (κ1) is 12.4. The van der Waals surface area contributed by atoms with Crippen LogP contribution in [0.15, 0.2) is 39.4 Å². The van der Waals surface area contributed by atoms with E-state index in [0.29, 0.717) is 5.76 Å². The highest BCUT2D eigenvalue weighted by molar-refractivity contribution is 9.10. The Morgan fingerprint density at radius 1 is 1.18 bits per heavy atom. The molecular formula is C14H15BrO2. The number of rotatable bonds is 2. The van der Waals surface area contributed by atoms with Gasteiger partial charge in [0.2, 0.25) is 0 Å². The normalized spacial score (nSPS) is 14.6. The Morgan fingerprint density at radius 3 is 2.24 bits per heavy atom. The maximum Gasteiger partial charge on any atom is 0.153 e. The average molecular weight is 295 g/mol. The van der Waals surface area contributed by atoms with Crippen molar-refractivity contribution in [1.29, 1.82) is 0 Å². The molecule has 1 aromatic carbocycles. The summed E-state index contributed by atoms with van der Waals surface area (Å²) in [5.74, 6) is 0.530. The highest BCUT2D eigenvalue weighted by atomic mass is 79.9. The van der Waals surface area contributed by atoms with Crippen molar-refractivity contribution in [3.63, 3.8) is 0 Å². The molecule has 2 nitrogen and oxygen atoms in total. The lowest BCUT2D eigenvalue weighted by atomic mass is 9.91. The van der Waals surface area contributed by atoms with Gasteiger partial charge in [0.25, 0.3) is 0 Å². The highest BCUT2D eigenvalue weighted by Gasteiger charge is 2.31. The Morgan fingerprint density at radius 2 is 1.76 bits per heavy atom. The summed E-state index contributed by atoms with van der Waals surface area (Å²) in [6.07, 6.45) is 1.57. The molecule has 0 radical (unpaired) electrons. The van der Waals surface area contributed by atoms with Crippen LogP contribution in [0.3, 0.4) is 0 Å². The monoisotopic (exact) mass is 294 g/mol. The van der Waals surface area contributed by atoms with Gasteiger partial charge in [-0.25, -0.2) is 0 Å². The summed E-state index contributed by atoms with van der Waals surface area (Å²) in [6, 6.07) is 7.81. The van der Waals surface area contributed by atoms with E-state index in [9.17, 15) is 5.11 Å². The number of benzene rings is 1. The van der Waals surface area contributed by atoms with Crippen LogP contribution in [-0.2, 0) is 5.60 Å². The lowest BCUT2D eigenvalue weighted by molar-refractivity contribution is 0.0756. The van der Waals surface area contributed by atoms with E-state index in [1.807, 2.05) is 26.0 Å². The first-order valence-electron chi connectivity index (χ1n) is 5.46. The zero-order chi connectivity index (χ0) is 12.6. The van der Waals surface area contributed by atoms with Crippen LogP contribution in [0.5, 0.6) is 0 Å². The zero-order valence-corrected chi connectivity index (χ0v) is 11.7. The van der Waals surface area contributed by atoms with Crippen LogP contribution in [0.1, 0.15) is 29.4 Å². The van der Waals surface area contributed by atoms with Gasteiger partial charge in [0.05, 0.1) is 10.7 Å². The molecule has 2 rings (SSSR count). The molecule has 0 aliphatic rings. The number of hydrogen-bond donors (Lipinski definition) is 1. The van der Waals surface area contributed by atoms with Gasteiger partial charge in [-0.15, -0.1) is 0 Å². The average Bonchev–Trinajstić information content (AvgIpc) is 2.63. The summed E-state index contributed by atoms with van der Waals surface area (Å²) in [6.45, 7) is 5.78. The predicted molar refractivity (Wildman–Crippen MR) is 71.0 cm³/mol. The maximum absolute atomic E-state index is 10.7. The van der Waals surface area contributed by atoms with Gasteiger partial charge in [0, 0.05) is 0 Å². The molecule has 0 amide bonds. The molecule has 1 heterocycles. The minimum absolute atomic E-state index is 0.530.